The maximum atomic E-state index is 11.6. The van der Waals surface area contributed by atoms with E-state index in [1.807, 2.05) is 13.8 Å². The van der Waals surface area contributed by atoms with Crippen LogP contribution in [0.25, 0.3) is 0 Å². The highest BCUT2D eigenvalue weighted by Gasteiger charge is 2.13. The van der Waals surface area contributed by atoms with E-state index < -0.39 is 0 Å². The molecule has 0 aromatic rings. The molecule has 3 N–H and O–H groups in total. The smallest absolute Gasteiger partial charge is 0.221 e. The lowest BCUT2D eigenvalue weighted by molar-refractivity contribution is -0.122. The molecule has 0 bridgehead atoms. The lowest BCUT2D eigenvalue weighted by Crippen LogP contribution is -2.39. The lowest BCUT2D eigenvalue weighted by Gasteiger charge is -2.22. The highest BCUT2D eigenvalue weighted by atomic mass is 35.5. The predicted molar refractivity (Wildman–Crippen MR) is 82.9 cm³/mol. The van der Waals surface area contributed by atoms with Crippen molar-refractivity contribution in [2.75, 3.05) is 26.2 Å². The Kier molecular flexibility index (Phi) is 10.5. The zero-order chi connectivity index (χ0) is 14.1. The van der Waals surface area contributed by atoms with Crippen molar-refractivity contribution in [2.45, 2.75) is 39.5 Å². The summed E-state index contributed by atoms with van der Waals surface area (Å²) in [6, 6.07) is 0. The normalized spacial score (nSPS) is 18.2. The fraction of sp³-hybridized carbons (Fsp3) is 0.857. The Morgan fingerprint density at radius 2 is 2.00 bits per heavy atom. The summed E-state index contributed by atoms with van der Waals surface area (Å²) in [5, 5.41) is 9.03. The summed E-state index contributed by atoms with van der Waals surface area (Å²) >= 11 is 0. The molecule has 0 aromatic heterocycles. The fourth-order valence-electron chi connectivity index (χ4n) is 2.20. The number of hydrogen-bond donors (Lipinski definition) is 3. The third-order valence-electron chi connectivity index (χ3n) is 3.25. The molecule has 118 valence electrons. The van der Waals surface area contributed by atoms with Crippen LogP contribution in [-0.2, 0) is 9.59 Å². The molecule has 1 rings (SSSR count). The van der Waals surface area contributed by atoms with Gasteiger partial charge in [-0.15, -0.1) is 12.4 Å². The first kappa shape index (κ1) is 19.2. The molecule has 2 amide bonds. The molecular formula is C14H28ClN3O2. The number of nitrogens with one attached hydrogen (secondary N) is 3. The van der Waals surface area contributed by atoms with Crippen molar-refractivity contribution in [3.05, 3.63) is 0 Å². The van der Waals surface area contributed by atoms with Gasteiger partial charge in [0.15, 0.2) is 0 Å². The first-order chi connectivity index (χ1) is 9.08. The van der Waals surface area contributed by atoms with Gasteiger partial charge in [-0.05, 0) is 37.8 Å². The lowest BCUT2D eigenvalue weighted by atomic mass is 10.00. The highest BCUT2D eigenvalue weighted by molar-refractivity contribution is 5.85. The maximum absolute atomic E-state index is 11.6. The molecule has 1 heterocycles. The second-order valence-corrected chi connectivity index (χ2v) is 5.71. The van der Waals surface area contributed by atoms with E-state index >= 15 is 0 Å². The number of carbonyl (C=O) groups is 2. The average molecular weight is 306 g/mol. The van der Waals surface area contributed by atoms with Gasteiger partial charge in [0.2, 0.25) is 11.8 Å². The van der Waals surface area contributed by atoms with E-state index in [0.717, 1.165) is 19.6 Å². The number of amides is 2. The summed E-state index contributed by atoms with van der Waals surface area (Å²) in [5.41, 5.74) is 0. The molecule has 0 aromatic carbocycles. The van der Waals surface area contributed by atoms with Crippen LogP contribution < -0.4 is 16.0 Å². The van der Waals surface area contributed by atoms with Crippen LogP contribution in [0.4, 0.5) is 0 Å². The Bertz CT molecular complexity index is 292. The molecule has 1 aliphatic heterocycles. The van der Waals surface area contributed by atoms with Crippen molar-refractivity contribution in [1.29, 1.82) is 0 Å². The van der Waals surface area contributed by atoms with Gasteiger partial charge in [0.05, 0.1) is 0 Å². The summed E-state index contributed by atoms with van der Waals surface area (Å²) in [6.07, 6.45) is 3.25. The minimum atomic E-state index is 0. The topological polar surface area (TPSA) is 70.2 Å². The van der Waals surface area contributed by atoms with Gasteiger partial charge in [-0.1, -0.05) is 13.8 Å². The van der Waals surface area contributed by atoms with Gasteiger partial charge in [0.25, 0.3) is 0 Å². The zero-order valence-corrected chi connectivity index (χ0v) is 13.4. The van der Waals surface area contributed by atoms with Crippen molar-refractivity contribution < 1.29 is 9.59 Å². The Labute approximate surface area is 128 Å². The molecular weight excluding hydrogens is 278 g/mol. The van der Waals surface area contributed by atoms with E-state index in [0.29, 0.717) is 31.2 Å². The molecule has 0 aliphatic carbocycles. The third kappa shape index (κ3) is 9.15. The second kappa shape index (κ2) is 10.9. The number of hydrogen-bond acceptors (Lipinski definition) is 3. The third-order valence-corrected chi connectivity index (χ3v) is 3.25. The summed E-state index contributed by atoms with van der Waals surface area (Å²) in [7, 11) is 0. The number of carbonyl (C=O) groups excluding carboxylic acids is 2. The number of rotatable bonds is 7. The van der Waals surface area contributed by atoms with Gasteiger partial charge in [0.1, 0.15) is 0 Å². The van der Waals surface area contributed by atoms with Crippen LogP contribution in [-0.4, -0.2) is 38.0 Å². The van der Waals surface area contributed by atoms with E-state index in [1.54, 1.807) is 0 Å². The maximum Gasteiger partial charge on any atom is 0.221 e. The summed E-state index contributed by atoms with van der Waals surface area (Å²) in [5.74, 6) is 0.954. The van der Waals surface area contributed by atoms with Gasteiger partial charge in [-0.3, -0.25) is 9.59 Å². The fourth-order valence-corrected chi connectivity index (χ4v) is 2.20. The SMILES string of the molecule is CC(C)CC(=O)NCCC(=O)NCC1CCCNC1.Cl. The van der Waals surface area contributed by atoms with E-state index in [-0.39, 0.29) is 24.2 Å². The Morgan fingerprint density at radius 1 is 1.25 bits per heavy atom. The molecule has 1 fully saturated rings. The van der Waals surface area contributed by atoms with Crippen molar-refractivity contribution in [3.8, 4) is 0 Å². The van der Waals surface area contributed by atoms with Crippen molar-refractivity contribution >= 4 is 24.2 Å². The molecule has 1 atom stereocenters. The summed E-state index contributed by atoms with van der Waals surface area (Å²) in [6.45, 7) is 7.26. The standard InChI is InChI=1S/C14H27N3O2.ClH/c1-11(2)8-14(19)16-7-5-13(18)17-10-12-4-3-6-15-9-12;/h11-12,15H,3-10H2,1-2H3,(H,16,19)(H,17,18);1H. The molecule has 0 radical (unpaired) electrons. The minimum Gasteiger partial charge on any atom is -0.356 e. The average Bonchev–Trinajstić information content (AvgIpc) is 2.36. The van der Waals surface area contributed by atoms with Crippen LogP contribution in [0, 0.1) is 11.8 Å². The summed E-state index contributed by atoms with van der Waals surface area (Å²) in [4.78, 5) is 23.0. The molecule has 6 heteroatoms. The molecule has 1 aliphatic rings. The van der Waals surface area contributed by atoms with E-state index in [9.17, 15) is 9.59 Å². The second-order valence-electron chi connectivity index (χ2n) is 5.71. The quantitative estimate of drug-likeness (QED) is 0.659. The van der Waals surface area contributed by atoms with Crippen LogP contribution in [0.1, 0.15) is 39.5 Å². The van der Waals surface area contributed by atoms with Gasteiger partial charge in [0, 0.05) is 25.9 Å². The summed E-state index contributed by atoms with van der Waals surface area (Å²) < 4.78 is 0. The molecule has 5 nitrogen and oxygen atoms in total. The number of piperidine rings is 1. The Hall–Kier alpha value is -0.810. The van der Waals surface area contributed by atoms with E-state index in [1.165, 1.54) is 12.8 Å². The van der Waals surface area contributed by atoms with Crippen molar-refractivity contribution in [1.82, 2.24) is 16.0 Å². The van der Waals surface area contributed by atoms with E-state index in [2.05, 4.69) is 16.0 Å². The van der Waals surface area contributed by atoms with Crippen LogP contribution in [0.15, 0.2) is 0 Å². The van der Waals surface area contributed by atoms with E-state index in [4.69, 9.17) is 0 Å². The van der Waals surface area contributed by atoms with Gasteiger partial charge >= 0.3 is 0 Å². The first-order valence-electron chi connectivity index (χ1n) is 7.32. The molecule has 1 unspecified atom stereocenters. The molecule has 0 spiro atoms. The van der Waals surface area contributed by atoms with Crippen LogP contribution in [0.3, 0.4) is 0 Å². The Balaban J connectivity index is 0.00000361. The van der Waals surface area contributed by atoms with Crippen molar-refractivity contribution in [3.63, 3.8) is 0 Å². The highest BCUT2D eigenvalue weighted by Crippen LogP contribution is 2.08. The largest absolute Gasteiger partial charge is 0.356 e. The zero-order valence-electron chi connectivity index (χ0n) is 12.5. The van der Waals surface area contributed by atoms with Gasteiger partial charge in [-0.25, -0.2) is 0 Å². The van der Waals surface area contributed by atoms with Crippen LogP contribution in [0.5, 0.6) is 0 Å². The number of halogens is 1. The first-order valence-corrected chi connectivity index (χ1v) is 7.32. The van der Waals surface area contributed by atoms with Gasteiger partial charge in [-0.2, -0.15) is 0 Å². The Morgan fingerprint density at radius 3 is 2.60 bits per heavy atom. The molecule has 0 saturated carbocycles. The van der Waals surface area contributed by atoms with Crippen LogP contribution >= 0.6 is 12.4 Å². The molecule has 20 heavy (non-hydrogen) atoms. The predicted octanol–water partition coefficient (Wildman–Crippen LogP) is 1.08. The van der Waals surface area contributed by atoms with Crippen molar-refractivity contribution in [2.24, 2.45) is 11.8 Å². The molecule has 1 saturated heterocycles. The van der Waals surface area contributed by atoms with Gasteiger partial charge < -0.3 is 16.0 Å². The monoisotopic (exact) mass is 305 g/mol. The minimum absolute atomic E-state index is 0. The van der Waals surface area contributed by atoms with Crippen LogP contribution in [0.2, 0.25) is 0 Å².